The Labute approximate surface area is 190 Å². The predicted octanol–water partition coefficient (Wildman–Crippen LogP) is 6.52. The lowest BCUT2D eigenvalue weighted by molar-refractivity contribution is -0.131. The molecule has 31 heavy (non-hydrogen) atoms. The van der Waals surface area contributed by atoms with Gasteiger partial charge in [0.05, 0.1) is 0 Å². The van der Waals surface area contributed by atoms with Crippen molar-refractivity contribution in [1.82, 2.24) is 5.32 Å². The molecule has 0 radical (unpaired) electrons. The second kappa shape index (κ2) is 9.73. The van der Waals surface area contributed by atoms with E-state index in [1.54, 1.807) is 0 Å². The van der Waals surface area contributed by atoms with Crippen LogP contribution >= 0.6 is 0 Å². The molecule has 1 fully saturated rings. The normalized spacial score (nSPS) is 26.1. The lowest BCUT2D eigenvalue weighted by atomic mass is 9.62. The molecule has 0 bridgehead atoms. The van der Waals surface area contributed by atoms with Crippen LogP contribution in [0.3, 0.4) is 0 Å². The van der Waals surface area contributed by atoms with Crippen molar-refractivity contribution in [3.8, 4) is 0 Å². The molecule has 1 saturated carbocycles. The predicted molar refractivity (Wildman–Crippen MR) is 132 cm³/mol. The molecular formula is C28H43NO2. The van der Waals surface area contributed by atoms with Crippen LogP contribution < -0.4 is 5.32 Å². The molecule has 2 aliphatic rings. The molecule has 3 rings (SSSR count). The molecule has 2 aliphatic carbocycles. The Morgan fingerprint density at radius 2 is 1.65 bits per heavy atom. The fraction of sp³-hybridized carbons (Fsp3) is 0.607. The summed E-state index contributed by atoms with van der Waals surface area (Å²) in [5.41, 5.74) is 5.91. The van der Waals surface area contributed by atoms with Crippen LogP contribution in [0, 0.1) is 5.92 Å². The van der Waals surface area contributed by atoms with E-state index >= 15 is 0 Å². The summed E-state index contributed by atoms with van der Waals surface area (Å²) >= 11 is 0. The number of hydrogen-bond donors (Lipinski definition) is 2. The molecule has 0 saturated heterocycles. The number of carboxylic acids is 1. The number of aliphatic carboxylic acids is 1. The maximum absolute atomic E-state index is 10.8. The van der Waals surface area contributed by atoms with Crippen LogP contribution in [-0.2, 0) is 21.0 Å². The highest BCUT2D eigenvalue weighted by atomic mass is 16.4. The van der Waals surface area contributed by atoms with Gasteiger partial charge in [-0.1, -0.05) is 78.8 Å². The van der Waals surface area contributed by atoms with Gasteiger partial charge in [-0.05, 0) is 83.7 Å². The Hall–Kier alpha value is -1.87. The third-order valence-electron chi connectivity index (χ3n) is 7.26. The van der Waals surface area contributed by atoms with E-state index in [2.05, 4.69) is 78.1 Å². The molecule has 0 heterocycles. The van der Waals surface area contributed by atoms with Gasteiger partial charge in [0, 0.05) is 6.08 Å². The second-order valence-corrected chi connectivity index (χ2v) is 10.8. The largest absolute Gasteiger partial charge is 0.478 e. The van der Waals surface area contributed by atoms with Crippen molar-refractivity contribution in [3.05, 3.63) is 58.7 Å². The first-order valence-corrected chi connectivity index (χ1v) is 11.8. The van der Waals surface area contributed by atoms with Gasteiger partial charge >= 0.3 is 5.97 Å². The fourth-order valence-corrected chi connectivity index (χ4v) is 4.71. The molecule has 0 spiro atoms. The monoisotopic (exact) mass is 425 g/mol. The van der Waals surface area contributed by atoms with Crippen LogP contribution in [0.25, 0.3) is 0 Å². The first-order valence-electron chi connectivity index (χ1n) is 11.8. The lowest BCUT2D eigenvalue weighted by Crippen LogP contribution is -2.34. The highest BCUT2D eigenvalue weighted by Crippen LogP contribution is 2.56. The number of carbonyl (C=O) groups is 1. The van der Waals surface area contributed by atoms with E-state index in [-0.39, 0.29) is 16.2 Å². The van der Waals surface area contributed by atoms with E-state index < -0.39 is 5.97 Å². The molecule has 0 aliphatic heterocycles. The van der Waals surface area contributed by atoms with Crippen molar-refractivity contribution in [1.29, 1.82) is 0 Å². The second-order valence-electron chi connectivity index (χ2n) is 10.8. The topological polar surface area (TPSA) is 49.3 Å². The Morgan fingerprint density at radius 3 is 2.16 bits per heavy atom. The summed E-state index contributed by atoms with van der Waals surface area (Å²) in [5.74, 6) is -0.400. The molecule has 0 amide bonds. The maximum Gasteiger partial charge on any atom is 0.328 e. The summed E-state index contributed by atoms with van der Waals surface area (Å²) in [6, 6.07) is 7.16. The van der Waals surface area contributed by atoms with Gasteiger partial charge in [0.25, 0.3) is 0 Å². The van der Waals surface area contributed by atoms with E-state index in [0.717, 1.165) is 25.1 Å². The van der Waals surface area contributed by atoms with Crippen LogP contribution in [0.2, 0.25) is 0 Å². The molecule has 1 aromatic carbocycles. The number of rotatable bonds is 6. The molecule has 3 heteroatoms. The zero-order valence-electron chi connectivity index (χ0n) is 20.9. The van der Waals surface area contributed by atoms with Gasteiger partial charge in [0.1, 0.15) is 0 Å². The summed E-state index contributed by atoms with van der Waals surface area (Å²) in [4.78, 5) is 10.8. The van der Waals surface area contributed by atoms with Gasteiger partial charge in [-0.25, -0.2) is 4.79 Å². The highest BCUT2D eigenvalue weighted by molar-refractivity contribution is 5.81. The minimum Gasteiger partial charge on any atom is -0.478 e. The molecule has 172 valence electrons. The van der Waals surface area contributed by atoms with E-state index in [1.165, 1.54) is 35.6 Å². The number of fused-ring (bicyclic) bond motifs is 1. The number of hydrogen-bond acceptors (Lipinski definition) is 2. The van der Waals surface area contributed by atoms with Crippen LogP contribution in [0.15, 0.2) is 42.0 Å². The van der Waals surface area contributed by atoms with Crippen LogP contribution in [0.1, 0.15) is 91.3 Å². The highest BCUT2D eigenvalue weighted by Gasteiger charge is 2.50. The Bertz CT molecular complexity index is 845. The average Bonchev–Trinajstić information content (AvgIpc) is 3.36. The van der Waals surface area contributed by atoms with Gasteiger partial charge in [0.15, 0.2) is 0 Å². The van der Waals surface area contributed by atoms with Gasteiger partial charge in [-0.15, -0.1) is 0 Å². The first kappa shape index (κ1) is 25.4. The lowest BCUT2D eigenvalue weighted by Gasteiger charge is -2.42. The van der Waals surface area contributed by atoms with Crippen molar-refractivity contribution < 1.29 is 9.90 Å². The number of nitrogens with one attached hydrogen (secondary N) is 1. The maximum atomic E-state index is 10.8. The zero-order chi connectivity index (χ0) is 23.4. The molecular weight excluding hydrogens is 382 g/mol. The van der Waals surface area contributed by atoms with Crippen molar-refractivity contribution >= 4 is 5.97 Å². The van der Waals surface area contributed by atoms with Crippen molar-refractivity contribution in [2.75, 3.05) is 13.1 Å². The first-order chi connectivity index (χ1) is 14.4. The molecule has 1 aromatic rings. The summed E-state index contributed by atoms with van der Waals surface area (Å²) in [6.07, 6.45) is 9.00. The van der Waals surface area contributed by atoms with Crippen LogP contribution in [-0.4, -0.2) is 24.2 Å². The minimum absolute atomic E-state index is 0.173. The molecule has 0 unspecified atom stereocenters. The molecule has 3 nitrogen and oxygen atoms in total. The smallest absolute Gasteiger partial charge is 0.328 e. The van der Waals surface area contributed by atoms with E-state index in [9.17, 15) is 4.79 Å². The SMILES string of the molecule is CC(/C=C/[C@@H]1C[C@]1(C)c1ccc2c(c1)C(C)(C)CCC2(C)C)=C\C(=O)O.CCNCC. The summed E-state index contributed by atoms with van der Waals surface area (Å²) in [6.45, 7) is 20.0. The number of allylic oxidation sites excluding steroid dienone is 3. The third-order valence-corrected chi connectivity index (χ3v) is 7.26. The van der Waals surface area contributed by atoms with Crippen molar-refractivity contribution in [2.24, 2.45) is 5.92 Å². The van der Waals surface area contributed by atoms with Crippen LogP contribution in [0.5, 0.6) is 0 Å². The van der Waals surface area contributed by atoms with Crippen molar-refractivity contribution in [2.45, 2.75) is 90.9 Å². The van der Waals surface area contributed by atoms with E-state index in [4.69, 9.17) is 5.11 Å². The minimum atomic E-state index is -0.884. The van der Waals surface area contributed by atoms with E-state index in [0.29, 0.717) is 5.92 Å². The Balaban J connectivity index is 0.000000614. The summed E-state index contributed by atoms with van der Waals surface area (Å²) in [7, 11) is 0. The van der Waals surface area contributed by atoms with Gasteiger partial charge in [-0.3, -0.25) is 0 Å². The Morgan fingerprint density at radius 1 is 1.06 bits per heavy atom. The Kier molecular flexibility index (Phi) is 7.97. The fourth-order valence-electron chi connectivity index (χ4n) is 4.71. The molecule has 2 atom stereocenters. The quantitative estimate of drug-likeness (QED) is 0.403. The third kappa shape index (κ3) is 6.10. The van der Waals surface area contributed by atoms with Gasteiger partial charge in [0.2, 0.25) is 0 Å². The van der Waals surface area contributed by atoms with Crippen molar-refractivity contribution in [3.63, 3.8) is 0 Å². The number of carboxylic acid groups (broad SMARTS) is 1. The summed E-state index contributed by atoms with van der Waals surface area (Å²) < 4.78 is 0. The zero-order valence-corrected chi connectivity index (χ0v) is 20.9. The van der Waals surface area contributed by atoms with E-state index in [1.807, 2.05) is 13.0 Å². The van der Waals surface area contributed by atoms with Gasteiger partial charge < -0.3 is 10.4 Å². The molecule has 0 aromatic heterocycles. The number of benzene rings is 1. The van der Waals surface area contributed by atoms with Gasteiger partial charge in [-0.2, -0.15) is 0 Å². The van der Waals surface area contributed by atoms with Crippen LogP contribution in [0.4, 0.5) is 0 Å². The standard InChI is InChI=1S/C24H32O2.C4H11N/c1-16(13-21(25)26)7-8-18-15-24(18,6)17-9-10-19-20(14-17)23(4,5)12-11-22(19,2)3;1-3-5-4-2/h7-10,13-14,18H,11-12,15H2,1-6H3,(H,25,26);5H,3-4H2,1-2H3/b8-7+,16-13+;/t18-,24-;/m1./s1. The summed E-state index contributed by atoms with van der Waals surface area (Å²) in [5, 5.41) is 12.0. The average molecular weight is 426 g/mol. The molecule has 2 N–H and O–H groups in total.